The minimum atomic E-state index is -0.343. The molecule has 0 radical (unpaired) electrons. The number of fused-ring (bicyclic) bond motifs is 3. The molecule has 8 nitrogen and oxygen atoms in total. The normalized spacial score (nSPS) is 11.3. The van der Waals surface area contributed by atoms with Crippen LogP contribution >= 0.6 is 0 Å². The van der Waals surface area contributed by atoms with Gasteiger partial charge in [0.05, 0.1) is 18.1 Å². The highest BCUT2D eigenvalue weighted by Crippen LogP contribution is 2.19. The number of carbonyl (C=O) groups is 1. The zero-order valence-electron chi connectivity index (χ0n) is 17.1. The maximum atomic E-state index is 13.1. The Labute approximate surface area is 173 Å². The molecule has 0 unspecified atom stereocenters. The van der Waals surface area contributed by atoms with Gasteiger partial charge in [-0.2, -0.15) is 0 Å². The predicted octanol–water partition coefficient (Wildman–Crippen LogP) is 2.49. The van der Waals surface area contributed by atoms with Gasteiger partial charge in [-0.15, -0.1) is 10.2 Å². The molecule has 4 aromatic rings. The van der Waals surface area contributed by atoms with E-state index >= 15 is 0 Å². The van der Waals surface area contributed by atoms with Crippen LogP contribution in [0, 0.1) is 0 Å². The van der Waals surface area contributed by atoms with Gasteiger partial charge in [-0.1, -0.05) is 38.1 Å². The van der Waals surface area contributed by atoms with Crippen molar-refractivity contribution in [2.75, 3.05) is 7.11 Å². The standard InChI is InChI=1S/C22H23N5O3/c1-14(2)20-24-25-21-22(29)26(17-9-4-5-10-18(17)27(20)21)13-19(28)23-12-15-7-6-8-16(11-15)30-3/h4-11,14H,12-13H2,1-3H3,(H,23,28). The third-order valence-corrected chi connectivity index (χ3v) is 4.98. The van der Waals surface area contributed by atoms with Gasteiger partial charge in [-0.25, -0.2) is 0 Å². The molecule has 2 aromatic heterocycles. The van der Waals surface area contributed by atoms with Crippen LogP contribution in [0.25, 0.3) is 16.7 Å². The molecular weight excluding hydrogens is 382 g/mol. The third-order valence-electron chi connectivity index (χ3n) is 4.98. The molecule has 2 heterocycles. The van der Waals surface area contributed by atoms with Gasteiger partial charge >= 0.3 is 0 Å². The van der Waals surface area contributed by atoms with E-state index in [0.29, 0.717) is 17.9 Å². The van der Waals surface area contributed by atoms with Crippen LogP contribution in [0.1, 0.15) is 31.2 Å². The summed E-state index contributed by atoms with van der Waals surface area (Å²) in [5, 5.41) is 11.2. The lowest BCUT2D eigenvalue weighted by atomic mass is 10.2. The van der Waals surface area contributed by atoms with Crippen LogP contribution in [0.2, 0.25) is 0 Å². The van der Waals surface area contributed by atoms with E-state index in [1.54, 1.807) is 11.5 Å². The van der Waals surface area contributed by atoms with E-state index in [1.807, 2.05) is 62.4 Å². The number of nitrogens with one attached hydrogen (secondary N) is 1. The van der Waals surface area contributed by atoms with Gasteiger partial charge in [-0.3, -0.25) is 18.6 Å². The number of nitrogens with zero attached hydrogens (tertiary/aromatic N) is 4. The minimum absolute atomic E-state index is 0.102. The Kier molecular flexibility index (Phi) is 5.22. The van der Waals surface area contributed by atoms with Crippen LogP contribution in [-0.2, 0) is 17.9 Å². The van der Waals surface area contributed by atoms with Gasteiger partial charge in [0.15, 0.2) is 0 Å². The summed E-state index contributed by atoms with van der Waals surface area (Å²) < 4.78 is 8.44. The monoisotopic (exact) mass is 405 g/mol. The number of methoxy groups -OCH3 is 1. The fourth-order valence-electron chi connectivity index (χ4n) is 3.50. The number of amides is 1. The highest BCUT2D eigenvalue weighted by Gasteiger charge is 2.19. The van der Waals surface area contributed by atoms with Crippen molar-refractivity contribution in [2.24, 2.45) is 0 Å². The second-order valence-corrected chi connectivity index (χ2v) is 7.38. The maximum Gasteiger partial charge on any atom is 0.297 e. The molecule has 2 aromatic carbocycles. The molecule has 0 saturated carbocycles. The van der Waals surface area contributed by atoms with Crippen molar-refractivity contribution >= 4 is 22.6 Å². The number of rotatable bonds is 6. The Bertz CT molecular complexity index is 1290. The maximum absolute atomic E-state index is 13.1. The van der Waals surface area contributed by atoms with Crippen molar-refractivity contribution in [1.82, 2.24) is 24.5 Å². The first-order valence-corrected chi connectivity index (χ1v) is 9.75. The molecule has 1 N–H and O–H groups in total. The molecule has 0 aliphatic carbocycles. The highest BCUT2D eigenvalue weighted by atomic mass is 16.5. The minimum Gasteiger partial charge on any atom is -0.497 e. The molecule has 0 aliphatic heterocycles. The molecule has 0 bridgehead atoms. The summed E-state index contributed by atoms with van der Waals surface area (Å²) in [6.45, 7) is 4.24. The Morgan fingerprint density at radius 3 is 2.60 bits per heavy atom. The largest absolute Gasteiger partial charge is 0.497 e. The first-order chi connectivity index (χ1) is 14.5. The molecule has 0 fully saturated rings. The second kappa shape index (κ2) is 7.98. The van der Waals surface area contributed by atoms with E-state index in [4.69, 9.17) is 4.74 Å². The SMILES string of the molecule is COc1cccc(CNC(=O)Cn2c(=O)c3nnc(C(C)C)n3c3ccccc32)c1. The summed E-state index contributed by atoms with van der Waals surface area (Å²) in [5.74, 6) is 1.28. The molecule has 8 heteroatoms. The Hall–Kier alpha value is -3.68. The fourth-order valence-corrected chi connectivity index (χ4v) is 3.50. The van der Waals surface area contributed by atoms with Crippen LogP contribution in [0.3, 0.4) is 0 Å². The van der Waals surface area contributed by atoms with Crippen LogP contribution in [-0.4, -0.2) is 32.2 Å². The van der Waals surface area contributed by atoms with E-state index in [1.165, 1.54) is 4.57 Å². The second-order valence-electron chi connectivity index (χ2n) is 7.38. The summed E-state index contributed by atoms with van der Waals surface area (Å²) in [5.41, 5.74) is 2.24. The first kappa shape index (κ1) is 19.6. The lowest BCUT2D eigenvalue weighted by molar-refractivity contribution is -0.121. The Morgan fingerprint density at radius 1 is 1.10 bits per heavy atom. The summed E-state index contributed by atoms with van der Waals surface area (Å²) in [6, 6.07) is 14.9. The third kappa shape index (κ3) is 3.52. The predicted molar refractivity (Wildman–Crippen MR) is 114 cm³/mol. The number of benzene rings is 2. The number of ether oxygens (including phenoxy) is 1. The molecule has 1 amide bonds. The van der Waals surface area contributed by atoms with E-state index in [9.17, 15) is 9.59 Å². The lowest BCUT2D eigenvalue weighted by Gasteiger charge is -2.13. The average Bonchev–Trinajstić information content (AvgIpc) is 3.21. The number of carbonyl (C=O) groups excluding carboxylic acids is 1. The van der Waals surface area contributed by atoms with Crippen molar-refractivity contribution in [3.8, 4) is 5.75 Å². The summed E-state index contributed by atoms with van der Waals surface area (Å²) in [6.07, 6.45) is 0. The van der Waals surface area contributed by atoms with Crippen molar-refractivity contribution in [3.05, 3.63) is 70.3 Å². The number of para-hydroxylation sites is 2. The molecule has 0 saturated heterocycles. The molecule has 30 heavy (non-hydrogen) atoms. The average molecular weight is 405 g/mol. The fraction of sp³-hybridized carbons (Fsp3) is 0.273. The lowest BCUT2D eigenvalue weighted by Crippen LogP contribution is -2.33. The van der Waals surface area contributed by atoms with E-state index in [-0.39, 0.29) is 29.6 Å². The van der Waals surface area contributed by atoms with Gasteiger partial charge < -0.3 is 10.1 Å². The van der Waals surface area contributed by atoms with Crippen LogP contribution in [0.5, 0.6) is 5.75 Å². The molecule has 4 rings (SSSR count). The van der Waals surface area contributed by atoms with Crippen molar-refractivity contribution in [1.29, 1.82) is 0 Å². The van der Waals surface area contributed by atoms with Gasteiger partial charge in [0, 0.05) is 12.5 Å². The van der Waals surface area contributed by atoms with E-state index < -0.39 is 0 Å². The van der Waals surface area contributed by atoms with Crippen LogP contribution < -0.4 is 15.6 Å². The number of hydrogen-bond acceptors (Lipinski definition) is 5. The zero-order valence-corrected chi connectivity index (χ0v) is 17.1. The number of hydrogen-bond donors (Lipinski definition) is 1. The topological polar surface area (TPSA) is 90.5 Å². The van der Waals surface area contributed by atoms with Gasteiger partial charge in [0.2, 0.25) is 11.6 Å². The van der Waals surface area contributed by atoms with Crippen molar-refractivity contribution in [2.45, 2.75) is 32.9 Å². The van der Waals surface area contributed by atoms with Crippen LogP contribution in [0.15, 0.2) is 53.3 Å². The van der Waals surface area contributed by atoms with E-state index in [0.717, 1.165) is 16.8 Å². The van der Waals surface area contributed by atoms with Gasteiger partial charge in [-0.05, 0) is 29.8 Å². The molecule has 0 spiro atoms. The molecule has 0 atom stereocenters. The Balaban J connectivity index is 1.67. The van der Waals surface area contributed by atoms with Gasteiger partial charge in [0.25, 0.3) is 5.56 Å². The van der Waals surface area contributed by atoms with E-state index in [2.05, 4.69) is 15.5 Å². The van der Waals surface area contributed by atoms with Crippen LogP contribution in [0.4, 0.5) is 0 Å². The summed E-state index contributed by atoms with van der Waals surface area (Å²) in [7, 11) is 1.60. The van der Waals surface area contributed by atoms with Crippen molar-refractivity contribution < 1.29 is 9.53 Å². The zero-order chi connectivity index (χ0) is 21.3. The Morgan fingerprint density at radius 2 is 1.87 bits per heavy atom. The molecular formula is C22H23N5O3. The smallest absolute Gasteiger partial charge is 0.297 e. The quantitative estimate of drug-likeness (QED) is 0.532. The number of aromatic nitrogens is 4. The molecule has 154 valence electrons. The summed E-state index contributed by atoms with van der Waals surface area (Å²) >= 11 is 0. The highest BCUT2D eigenvalue weighted by molar-refractivity contribution is 5.82. The molecule has 0 aliphatic rings. The van der Waals surface area contributed by atoms with Gasteiger partial charge in [0.1, 0.15) is 18.1 Å². The van der Waals surface area contributed by atoms with Crippen molar-refractivity contribution in [3.63, 3.8) is 0 Å². The first-order valence-electron chi connectivity index (χ1n) is 9.75. The summed E-state index contributed by atoms with van der Waals surface area (Å²) in [4.78, 5) is 25.8.